The van der Waals surface area contributed by atoms with Gasteiger partial charge in [-0.2, -0.15) is 0 Å². The molecule has 0 atom stereocenters. The molecule has 172 valence electrons. The summed E-state index contributed by atoms with van der Waals surface area (Å²) in [5.74, 6) is 0.272. The van der Waals surface area contributed by atoms with Crippen LogP contribution in [0.4, 0.5) is 5.82 Å². The molecule has 7 nitrogen and oxygen atoms in total. The van der Waals surface area contributed by atoms with Crippen LogP contribution in [-0.2, 0) is 24.3 Å². The van der Waals surface area contributed by atoms with Crippen LogP contribution in [0.1, 0.15) is 27.8 Å². The number of nitrogens with one attached hydrogen (secondary N) is 1. The summed E-state index contributed by atoms with van der Waals surface area (Å²) in [7, 11) is 1.65. The van der Waals surface area contributed by atoms with Crippen LogP contribution in [0.25, 0.3) is 11.1 Å². The Balaban J connectivity index is 1.58. The first-order valence-electron chi connectivity index (χ1n) is 10.9. The minimum Gasteiger partial charge on any atom is -0.384 e. The highest BCUT2D eigenvalue weighted by atomic mass is 16.5. The van der Waals surface area contributed by atoms with Gasteiger partial charge in [-0.25, -0.2) is 4.98 Å². The Morgan fingerprint density at radius 2 is 1.74 bits per heavy atom. The molecule has 0 amide bonds. The van der Waals surface area contributed by atoms with Crippen LogP contribution in [0.15, 0.2) is 83.9 Å². The van der Waals surface area contributed by atoms with Crippen molar-refractivity contribution in [3.05, 3.63) is 117 Å². The largest absolute Gasteiger partial charge is 0.384 e. The number of benzene rings is 3. The minimum absolute atomic E-state index is 0.0273. The molecule has 1 aromatic heterocycles. The van der Waals surface area contributed by atoms with E-state index >= 15 is 0 Å². The second-order valence-electron chi connectivity index (χ2n) is 8.13. The molecule has 1 heterocycles. The van der Waals surface area contributed by atoms with Crippen molar-refractivity contribution in [3.8, 4) is 11.1 Å². The van der Waals surface area contributed by atoms with E-state index in [-0.39, 0.29) is 17.2 Å². The van der Waals surface area contributed by atoms with Crippen LogP contribution in [0.3, 0.4) is 0 Å². The topological polar surface area (TPSA) is 120 Å². The van der Waals surface area contributed by atoms with E-state index in [1.165, 1.54) is 6.33 Å². The Hall–Kier alpha value is -4.23. The fraction of sp³-hybridized carbons (Fsp3) is 0.148. The van der Waals surface area contributed by atoms with Crippen molar-refractivity contribution < 1.29 is 4.74 Å². The number of nitrogen functional groups attached to an aromatic ring is 2. The summed E-state index contributed by atoms with van der Waals surface area (Å²) in [4.78, 5) is 17.5. The van der Waals surface area contributed by atoms with Crippen molar-refractivity contribution in [2.75, 3.05) is 12.8 Å². The third kappa shape index (κ3) is 5.05. The molecule has 4 rings (SSSR count). The maximum atomic E-state index is 13.2. The third-order valence-electron chi connectivity index (χ3n) is 5.68. The number of hydrogen-bond acceptors (Lipinski definition) is 5. The summed E-state index contributed by atoms with van der Waals surface area (Å²) >= 11 is 0. The van der Waals surface area contributed by atoms with Gasteiger partial charge in [0.2, 0.25) is 0 Å². The highest BCUT2D eigenvalue weighted by Crippen LogP contribution is 2.24. The van der Waals surface area contributed by atoms with Gasteiger partial charge in [-0.05, 0) is 27.8 Å². The van der Waals surface area contributed by atoms with Gasteiger partial charge in [-0.1, -0.05) is 72.8 Å². The zero-order valence-corrected chi connectivity index (χ0v) is 19.0. The monoisotopic (exact) mass is 453 g/mol. The van der Waals surface area contributed by atoms with E-state index in [2.05, 4.69) is 4.98 Å². The SMILES string of the molecule is COCc1cccc(Cc2c(N)ncn(Cc3ccc(-c4ccccc4C(=N)N)cc3)c2=O)c1. The van der Waals surface area contributed by atoms with Gasteiger partial charge in [0.15, 0.2) is 0 Å². The zero-order chi connectivity index (χ0) is 24.1. The Morgan fingerprint density at radius 1 is 1.00 bits per heavy atom. The molecule has 7 heteroatoms. The molecule has 0 aliphatic carbocycles. The van der Waals surface area contributed by atoms with Crippen LogP contribution in [0.5, 0.6) is 0 Å². The van der Waals surface area contributed by atoms with Crippen molar-refractivity contribution in [2.45, 2.75) is 19.6 Å². The molecule has 0 saturated carbocycles. The maximum Gasteiger partial charge on any atom is 0.259 e. The molecule has 0 fully saturated rings. The number of ether oxygens (including phenoxy) is 1. The number of nitrogens with two attached hydrogens (primary N) is 2. The average molecular weight is 454 g/mol. The van der Waals surface area contributed by atoms with Gasteiger partial charge in [0.1, 0.15) is 18.0 Å². The third-order valence-corrected chi connectivity index (χ3v) is 5.68. The first kappa shape index (κ1) is 22.9. The lowest BCUT2D eigenvalue weighted by Gasteiger charge is -2.12. The smallest absolute Gasteiger partial charge is 0.259 e. The number of nitrogens with zero attached hydrogens (tertiary/aromatic N) is 2. The van der Waals surface area contributed by atoms with E-state index in [0.29, 0.717) is 30.7 Å². The average Bonchev–Trinajstić information content (AvgIpc) is 2.84. The van der Waals surface area contributed by atoms with E-state index in [9.17, 15) is 4.79 Å². The number of rotatable bonds is 8. The number of amidine groups is 1. The van der Waals surface area contributed by atoms with Gasteiger partial charge in [0, 0.05) is 19.1 Å². The van der Waals surface area contributed by atoms with Crippen molar-refractivity contribution >= 4 is 11.7 Å². The lowest BCUT2D eigenvalue weighted by Crippen LogP contribution is -2.26. The molecule has 0 spiro atoms. The molecule has 4 aromatic rings. The summed E-state index contributed by atoms with van der Waals surface area (Å²) in [5.41, 5.74) is 17.6. The predicted molar refractivity (Wildman–Crippen MR) is 135 cm³/mol. The van der Waals surface area contributed by atoms with Crippen LogP contribution >= 0.6 is 0 Å². The lowest BCUT2D eigenvalue weighted by molar-refractivity contribution is 0.185. The van der Waals surface area contributed by atoms with E-state index in [0.717, 1.165) is 27.8 Å². The molecule has 0 aliphatic heterocycles. The molecule has 34 heavy (non-hydrogen) atoms. The van der Waals surface area contributed by atoms with Gasteiger partial charge in [0.25, 0.3) is 5.56 Å². The Morgan fingerprint density at radius 3 is 2.47 bits per heavy atom. The Kier molecular flexibility index (Phi) is 6.85. The van der Waals surface area contributed by atoms with E-state index in [1.807, 2.05) is 72.8 Å². The van der Waals surface area contributed by atoms with Crippen LogP contribution in [0, 0.1) is 5.41 Å². The molecule has 0 saturated heterocycles. The second-order valence-corrected chi connectivity index (χ2v) is 8.13. The normalized spacial score (nSPS) is 10.9. The molecule has 0 aliphatic rings. The minimum atomic E-state index is -0.157. The Labute approximate surface area is 198 Å². The van der Waals surface area contributed by atoms with Gasteiger partial charge in [-0.3, -0.25) is 14.8 Å². The first-order valence-corrected chi connectivity index (χ1v) is 10.9. The van der Waals surface area contributed by atoms with Crippen LogP contribution in [-0.4, -0.2) is 22.5 Å². The van der Waals surface area contributed by atoms with Gasteiger partial charge < -0.3 is 16.2 Å². The highest BCUT2D eigenvalue weighted by molar-refractivity contribution is 6.01. The number of hydrogen-bond donors (Lipinski definition) is 3. The summed E-state index contributed by atoms with van der Waals surface area (Å²) < 4.78 is 6.77. The quantitative estimate of drug-likeness (QED) is 0.278. The molecular formula is C27H27N5O2. The fourth-order valence-corrected chi connectivity index (χ4v) is 3.98. The van der Waals surface area contributed by atoms with Crippen LogP contribution in [0.2, 0.25) is 0 Å². The molecule has 5 N–H and O–H groups in total. The van der Waals surface area contributed by atoms with Gasteiger partial charge >= 0.3 is 0 Å². The summed E-state index contributed by atoms with van der Waals surface area (Å²) in [5, 5.41) is 7.81. The Bertz CT molecular complexity index is 1380. The fourth-order valence-electron chi connectivity index (χ4n) is 3.98. The van der Waals surface area contributed by atoms with E-state index in [1.54, 1.807) is 11.7 Å². The van der Waals surface area contributed by atoms with Gasteiger partial charge in [-0.15, -0.1) is 0 Å². The molecular weight excluding hydrogens is 426 g/mol. The molecule has 0 radical (unpaired) electrons. The lowest BCUT2D eigenvalue weighted by atomic mass is 9.98. The number of aromatic nitrogens is 2. The summed E-state index contributed by atoms with van der Waals surface area (Å²) in [6.07, 6.45) is 1.89. The number of anilines is 1. The maximum absolute atomic E-state index is 13.2. The standard InChI is InChI=1S/C27H27N5O2/c1-34-16-20-6-4-5-19(13-20)14-24-26(30)31-17-32(27(24)33)15-18-9-11-21(12-10-18)22-7-2-3-8-23(22)25(28)29/h2-13,17H,14-16,30H2,1H3,(H3,28,29). The van der Waals surface area contributed by atoms with Crippen LogP contribution < -0.4 is 17.0 Å². The summed E-state index contributed by atoms with van der Waals surface area (Å²) in [6.45, 7) is 0.880. The molecule has 0 unspecified atom stereocenters. The highest BCUT2D eigenvalue weighted by Gasteiger charge is 2.12. The van der Waals surface area contributed by atoms with Crippen molar-refractivity contribution in [1.82, 2.24) is 9.55 Å². The predicted octanol–water partition coefficient (Wildman–Crippen LogP) is 3.56. The molecule has 3 aromatic carbocycles. The second kappa shape index (κ2) is 10.1. The van der Waals surface area contributed by atoms with Crippen molar-refractivity contribution in [2.24, 2.45) is 5.73 Å². The van der Waals surface area contributed by atoms with Crippen molar-refractivity contribution in [1.29, 1.82) is 5.41 Å². The number of methoxy groups -OCH3 is 1. The van der Waals surface area contributed by atoms with E-state index < -0.39 is 0 Å². The molecule has 0 bridgehead atoms. The first-order chi connectivity index (χ1) is 16.5. The van der Waals surface area contributed by atoms with Crippen molar-refractivity contribution in [3.63, 3.8) is 0 Å². The summed E-state index contributed by atoms with van der Waals surface area (Å²) in [6, 6.07) is 23.3. The van der Waals surface area contributed by atoms with Gasteiger partial charge in [0.05, 0.1) is 18.7 Å². The zero-order valence-electron chi connectivity index (χ0n) is 19.0. The van der Waals surface area contributed by atoms with E-state index in [4.69, 9.17) is 21.6 Å².